The number of hydrogen-bond acceptors (Lipinski definition) is 7. The van der Waals surface area contributed by atoms with Crippen LogP contribution in [-0.4, -0.2) is 47.1 Å². The van der Waals surface area contributed by atoms with Crippen LogP contribution in [-0.2, 0) is 30.8 Å². The zero-order valence-electron chi connectivity index (χ0n) is 23.6. The number of amides is 1. The van der Waals surface area contributed by atoms with Gasteiger partial charge in [-0.05, 0) is 68.1 Å². The standard InChI is InChI=1S/C31H37N3O6S/c1-4-40-31(36)25-11-8-18-34(21-25)28-17-14-26(32-30(35)19-23-12-15-27(39-3)16-13-23)20-29(28)41(37,38)33-22(2)24-9-6-5-7-10-24/h5-7,9-10,12-17,20,22,25,33H,4,8,11,18-19,21H2,1-3H3,(H,32,35)/t22-,25-/m0/s1. The molecule has 1 aliphatic rings. The molecular weight excluding hydrogens is 542 g/mol. The lowest BCUT2D eigenvalue weighted by atomic mass is 9.97. The summed E-state index contributed by atoms with van der Waals surface area (Å²) < 4.78 is 40.9. The lowest BCUT2D eigenvalue weighted by Gasteiger charge is -2.34. The number of piperidine rings is 1. The van der Waals surface area contributed by atoms with Crippen LogP contribution in [0.25, 0.3) is 0 Å². The highest BCUT2D eigenvalue weighted by molar-refractivity contribution is 7.89. The van der Waals surface area contributed by atoms with Crippen LogP contribution in [0.2, 0.25) is 0 Å². The maximum Gasteiger partial charge on any atom is 0.310 e. The lowest BCUT2D eigenvalue weighted by Crippen LogP contribution is -2.40. The van der Waals surface area contributed by atoms with Crippen LogP contribution in [0.15, 0.2) is 77.7 Å². The average molecular weight is 580 g/mol. The van der Waals surface area contributed by atoms with E-state index < -0.39 is 16.1 Å². The summed E-state index contributed by atoms with van der Waals surface area (Å²) in [4.78, 5) is 27.3. The normalized spacial score (nSPS) is 16.1. The molecule has 0 bridgehead atoms. The van der Waals surface area contributed by atoms with Gasteiger partial charge in [0.2, 0.25) is 15.9 Å². The number of nitrogens with zero attached hydrogens (tertiary/aromatic N) is 1. The van der Waals surface area contributed by atoms with Gasteiger partial charge in [-0.1, -0.05) is 42.5 Å². The van der Waals surface area contributed by atoms with E-state index in [0.29, 0.717) is 43.2 Å². The number of sulfonamides is 1. The third kappa shape index (κ3) is 7.86. The molecule has 3 aromatic carbocycles. The molecule has 9 nitrogen and oxygen atoms in total. The second-order valence-corrected chi connectivity index (χ2v) is 11.7. The molecule has 0 aliphatic carbocycles. The molecule has 0 spiro atoms. The Labute approximate surface area is 241 Å². The van der Waals surface area contributed by atoms with Gasteiger partial charge in [-0.2, -0.15) is 0 Å². The number of ether oxygens (including phenoxy) is 2. The second-order valence-electron chi connectivity index (χ2n) is 10.0. The van der Waals surface area contributed by atoms with Gasteiger partial charge in [0.25, 0.3) is 0 Å². The number of nitrogens with one attached hydrogen (secondary N) is 2. The Kier molecular flexibility index (Phi) is 10.0. The van der Waals surface area contributed by atoms with Crippen LogP contribution < -0.4 is 19.7 Å². The summed E-state index contributed by atoms with van der Waals surface area (Å²) in [6.45, 7) is 4.78. The van der Waals surface area contributed by atoms with E-state index in [1.807, 2.05) is 47.4 Å². The largest absolute Gasteiger partial charge is 0.497 e. The number of carbonyl (C=O) groups is 2. The minimum atomic E-state index is -4.03. The van der Waals surface area contributed by atoms with E-state index in [0.717, 1.165) is 17.5 Å². The van der Waals surface area contributed by atoms with E-state index in [2.05, 4.69) is 10.0 Å². The summed E-state index contributed by atoms with van der Waals surface area (Å²) in [5.74, 6) is -0.212. The molecule has 1 aliphatic heterocycles. The first-order valence-electron chi connectivity index (χ1n) is 13.8. The van der Waals surface area contributed by atoms with Crippen molar-refractivity contribution < 1.29 is 27.5 Å². The van der Waals surface area contributed by atoms with E-state index in [1.54, 1.807) is 45.2 Å². The number of carbonyl (C=O) groups excluding carboxylic acids is 2. The zero-order chi connectivity index (χ0) is 29.4. The SMILES string of the molecule is CCOC(=O)[C@H]1CCCN(c2ccc(NC(=O)Cc3ccc(OC)cc3)cc2S(=O)(=O)N[C@@H](C)c2ccccc2)C1. The molecule has 1 heterocycles. The zero-order valence-corrected chi connectivity index (χ0v) is 24.4. The number of benzene rings is 3. The molecule has 2 N–H and O–H groups in total. The van der Waals surface area contributed by atoms with Gasteiger partial charge >= 0.3 is 5.97 Å². The summed E-state index contributed by atoms with van der Waals surface area (Å²) in [7, 11) is -2.46. The Balaban J connectivity index is 1.62. The first kappa shape index (κ1) is 30.1. The van der Waals surface area contributed by atoms with Gasteiger partial charge < -0.3 is 19.7 Å². The highest BCUT2D eigenvalue weighted by Crippen LogP contribution is 2.33. The van der Waals surface area contributed by atoms with Crippen LogP contribution in [0, 0.1) is 5.92 Å². The van der Waals surface area contributed by atoms with Crippen molar-refractivity contribution in [1.82, 2.24) is 4.72 Å². The van der Waals surface area contributed by atoms with Crippen molar-refractivity contribution in [2.75, 3.05) is 37.0 Å². The molecule has 41 heavy (non-hydrogen) atoms. The predicted molar refractivity (Wildman–Crippen MR) is 159 cm³/mol. The van der Waals surface area contributed by atoms with Crippen molar-refractivity contribution in [1.29, 1.82) is 0 Å². The fourth-order valence-electron chi connectivity index (χ4n) is 4.96. The van der Waals surface area contributed by atoms with E-state index in [1.165, 1.54) is 6.07 Å². The molecular formula is C31H37N3O6S. The molecule has 1 amide bonds. The molecule has 0 unspecified atom stereocenters. The van der Waals surface area contributed by atoms with Crippen LogP contribution in [0.5, 0.6) is 5.75 Å². The van der Waals surface area contributed by atoms with Gasteiger partial charge in [0.15, 0.2) is 0 Å². The monoisotopic (exact) mass is 579 g/mol. The van der Waals surface area contributed by atoms with Crippen molar-refractivity contribution in [2.45, 2.75) is 44.0 Å². The fourth-order valence-corrected chi connectivity index (χ4v) is 6.44. The lowest BCUT2D eigenvalue weighted by molar-refractivity contribution is -0.148. The van der Waals surface area contributed by atoms with Crippen LogP contribution in [0.3, 0.4) is 0 Å². The summed E-state index contributed by atoms with van der Waals surface area (Å²) in [5.41, 5.74) is 2.45. The van der Waals surface area contributed by atoms with Gasteiger partial charge in [-0.3, -0.25) is 9.59 Å². The summed E-state index contributed by atoms with van der Waals surface area (Å²) >= 11 is 0. The molecule has 4 rings (SSSR count). The summed E-state index contributed by atoms with van der Waals surface area (Å²) in [5, 5.41) is 2.84. The van der Waals surface area contributed by atoms with Gasteiger partial charge in [-0.15, -0.1) is 0 Å². The van der Waals surface area contributed by atoms with Gasteiger partial charge in [0.05, 0.1) is 31.7 Å². The third-order valence-electron chi connectivity index (χ3n) is 7.07. The number of anilines is 2. The highest BCUT2D eigenvalue weighted by atomic mass is 32.2. The first-order chi connectivity index (χ1) is 19.7. The first-order valence-corrected chi connectivity index (χ1v) is 15.2. The molecule has 1 saturated heterocycles. The number of hydrogen-bond donors (Lipinski definition) is 2. The minimum absolute atomic E-state index is 0.0343. The third-order valence-corrected chi connectivity index (χ3v) is 8.64. The molecule has 3 aromatic rings. The highest BCUT2D eigenvalue weighted by Gasteiger charge is 2.31. The Bertz CT molecular complexity index is 1440. The van der Waals surface area contributed by atoms with Crippen LogP contribution in [0.1, 0.15) is 43.9 Å². The van der Waals surface area contributed by atoms with Gasteiger partial charge in [0, 0.05) is 24.8 Å². The summed E-state index contributed by atoms with van der Waals surface area (Å²) in [6.07, 6.45) is 1.52. The van der Waals surface area contributed by atoms with E-state index in [4.69, 9.17) is 9.47 Å². The molecule has 2 atom stereocenters. The molecule has 0 saturated carbocycles. The van der Waals surface area contributed by atoms with Crippen LogP contribution >= 0.6 is 0 Å². The van der Waals surface area contributed by atoms with E-state index >= 15 is 0 Å². The number of rotatable bonds is 11. The topological polar surface area (TPSA) is 114 Å². The van der Waals surface area contributed by atoms with Crippen LogP contribution in [0.4, 0.5) is 11.4 Å². The quantitative estimate of drug-likeness (QED) is 0.317. The van der Waals surface area contributed by atoms with Gasteiger partial charge in [-0.25, -0.2) is 13.1 Å². The Morgan fingerprint density at radius 1 is 1.05 bits per heavy atom. The number of methoxy groups -OCH3 is 1. The fraction of sp³-hybridized carbons (Fsp3) is 0.355. The average Bonchev–Trinajstić information content (AvgIpc) is 2.98. The Morgan fingerprint density at radius 2 is 1.78 bits per heavy atom. The van der Waals surface area contributed by atoms with Crippen molar-refractivity contribution in [2.24, 2.45) is 5.92 Å². The predicted octanol–water partition coefficient (Wildman–Crippen LogP) is 4.70. The van der Waals surface area contributed by atoms with Crippen molar-refractivity contribution >= 4 is 33.3 Å². The minimum Gasteiger partial charge on any atom is -0.497 e. The van der Waals surface area contributed by atoms with Gasteiger partial charge in [0.1, 0.15) is 10.6 Å². The molecule has 0 radical (unpaired) electrons. The molecule has 218 valence electrons. The smallest absolute Gasteiger partial charge is 0.310 e. The Morgan fingerprint density at radius 3 is 2.46 bits per heavy atom. The maximum atomic E-state index is 13.8. The summed E-state index contributed by atoms with van der Waals surface area (Å²) in [6, 6.07) is 20.9. The molecule has 0 aromatic heterocycles. The molecule has 10 heteroatoms. The maximum absolute atomic E-state index is 13.8. The van der Waals surface area contributed by atoms with Crippen molar-refractivity contribution in [3.05, 3.63) is 83.9 Å². The molecule has 1 fully saturated rings. The second kappa shape index (κ2) is 13.6. The van der Waals surface area contributed by atoms with E-state index in [-0.39, 0.29) is 29.1 Å². The van der Waals surface area contributed by atoms with Crippen molar-refractivity contribution in [3.8, 4) is 5.75 Å². The Hall–Kier alpha value is -3.89. The van der Waals surface area contributed by atoms with E-state index in [9.17, 15) is 18.0 Å². The van der Waals surface area contributed by atoms with Crippen molar-refractivity contribution in [3.63, 3.8) is 0 Å². The number of esters is 1.